The number of aliphatic hydroxyl groups excluding tert-OH is 1. The van der Waals surface area contributed by atoms with Crippen LogP contribution in [0.4, 0.5) is 10.7 Å². The number of piperazine rings is 1. The van der Waals surface area contributed by atoms with E-state index in [2.05, 4.69) is 64.1 Å². The second kappa shape index (κ2) is 12.4. The standard InChI is InChI=1S/C32H46N6O3/c1-6-15-33-30-34-18-27-28(21-38(29(27)35-30)25-11-13-26(39)14-12-25)24-9-7-23(8-10-24)20-36-16-17-37(22(2)19-36)31(40)41-32(3,4)5/h7-10,18,21-22,25-26,39H,6,11-17,19-20H2,1-5H3,(H,33,34,35)/t22-,25?,26?/m0/s1. The fourth-order valence-corrected chi connectivity index (χ4v) is 6.01. The average molecular weight is 563 g/mol. The Balaban J connectivity index is 1.31. The number of aliphatic hydroxyl groups is 1. The van der Waals surface area contributed by atoms with Gasteiger partial charge in [0.15, 0.2) is 0 Å². The van der Waals surface area contributed by atoms with Crippen LogP contribution in [-0.2, 0) is 11.3 Å². The number of nitrogens with one attached hydrogen (secondary N) is 1. The highest BCUT2D eigenvalue weighted by Crippen LogP contribution is 2.37. The lowest BCUT2D eigenvalue weighted by Gasteiger charge is -2.40. The number of rotatable bonds is 7. The van der Waals surface area contributed by atoms with E-state index < -0.39 is 5.60 Å². The molecule has 9 heteroatoms. The van der Waals surface area contributed by atoms with Gasteiger partial charge in [0.2, 0.25) is 5.95 Å². The summed E-state index contributed by atoms with van der Waals surface area (Å²) in [5, 5.41) is 14.5. The van der Waals surface area contributed by atoms with Gasteiger partial charge in [-0.2, -0.15) is 4.98 Å². The molecule has 3 aromatic rings. The SMILES string of the molecule is CCCNc1ncc2c(-c3ccc(CN4CCN(C(=O)OC(C)(C)C)[C@@H](C)C4)cc3)cn(C3CCC(O)CC3)c2n1. The molecule has 0 bridgehead atoms. The Hall–Kier alpha value is -3.17. The molecular formula is C32H46N6O3. The quantitative estimate of drug-likeness (QED) is 0.374. The molecule has 5 rings (SSSR count). The summed E-state index contributed by atoms with van der Waals surface area (Å²) in [7, 11) is 0. The average Bonchev–Trinajstić information content (AvgIpc) is 3.30. The van der Waals surface area contributed by atoms with E-state index in [9.17, 15) is 9.90 Å². The van der Waals surface area contributed by atoms with Crippen LogP contribution in [0.5, 0.6) is 0 Å². The van der Waals surface area contributed by atoms with Crippen LogP contribution < -0.4 is 5.32 Å². The van der Waals surface area contributed by atoms with E-state index in [0.29, 0.717) is 18.5 Å². The summed E-state index contributed by atoms with van der Waals surface area (Å²) in [4.78, 5) is 26.4. The van der Waals surface area contributed by atoms with Crippen LogP contribution in [0.1, 0.15) is 78.3 Å². The van der Waals surface area contributed by atoms with Gasteiger partial charge in [0.1, 0.15) is 11.2 Å². The molecule has 2 aliphatic rings. The van der Waals surface area contributed by atoms with E-state index in [4.69, 9.17) is 9.72 Å². The fourth-order valence-electron chi connectivity index (χ4n) is 6.01. The third-order valence-corrected chi connectivity index (χ3v) is 8.18. The number of nitrogens with zero attached hydrogens (tertiary/aromatic N) is 5. The van der Waals surface area contributed by atoms with Crippen molar-refractivity contribution in [2.24, 2.45) is 0 Å². The number of aromatic nitrogens is 3. The third kappa shape index (κ3) is 7.01. The van der Waals surface area contributed by atoms with Gasteiger partial charge in [0, 0.05) is 68.2 Å². The van der Waals surface area contributed by atoms with Crippen molar-refractivity contribution in [3.05, 3.63) is 42.2 Å². The fraction of sp³-hybridized carbons (Fsp3) is 0.594. The zero-order chi connectivity index (χ0) is 29.1. The number of carbonyl (C=O) groups is 1. The van der Waals surface area contributed by atoms with Gasteiger partial charge in [-0.25, -0.2) is 9.78 Å². The smallest absolute Gasteiger partial charge is 0.410 e. The molecule has 1 aromatic carbocycles. The van der Waals surface area contributed by atoms with Crippen LogP contribution in [0.25, 0.3) is 22.2 Å². The molecule has 1 amide bonds. The first kappa shape index (κ1) is 29.3. The Bertz CT molecular complexity index is 1320. The molecule has 2 N–H and O–H groups in total. The van der Waals surface area contributed by atoms with Crippen LogP contribution in [-0.4, -0.2) is 79.5 Å². The number of carbonyl (C=O) groups excluding carboxylic acids is 1. The predicted molar refractivity (Wildman–Crippen MR) is 163 cm³/mol. The van der Waals surface area contributed by atoms with Crippen molar-refractivity contribution in [1.82, 2.24) is 24.3 Å². The summed E-state index contributed by atoms with van der Waals surface area (Å²) < 4.78 is 7.91. The predicted octanol–water partition coefficient (Wildman–Crippen LogP) is 5.84. The molecule has 0 unspecified atom stereocenters. The Morgan fingerprint density at radius 1 is 1.12 bits per heavy atom. The van der Waals surface area contributed by atoms with Crippen LogP contribution >= 0.6 is 0 Å². The normalized spacial score (nSPS) is 22.2. The Morgan fingerprint density at radius 2 is 1.85 bits per heavy atom. The Morgan fingerprint density at radius 3 is 2.51 bits per heavy atom. The maximum Gasteiger partial charge on any atom is 0.410 e. The highest BCUT2D eigenvalue weighted by Gasteiger charge is 2.31. The lowest BCUT2D eigenvalue weighted by Crippen LogP contribution is -2.54. The lowest BCUT2D eigenvalue weighted by atomic mass is 9.93. The van der Waals surface area contributed by atoms with Crippen LogP contribution in [0.3, 0.4) is 0 Å². The second-order valence-corrected chi connectivity index (χ2v) is 12.7. The Kier molecular flexibility index (Phi) is 8.85. The van der Waals surface area contributed by atoms with E-state index in [-0.39, 0.29) is 18.2 Å². The molecule has 1 saturated heterocycles. The van der Waals surface area contributed by atoms with Gasteiger partial charge < -0.3 is 24.6 Å². The summed E-state index contributed by atoms with van der Waals surface area (Å²) in [6.07, 6.45) is 8.32. The van der Waals surface area contributed by atoms with Crippen molar-refractivity contribution >= 4 is 23.1 Å². The van der Waals surface area contributed by atoms with Gasteiger partial charge in [-0.15, -0.1) is 0 Å². The number of fused-ring (bicyclic) bond motifs is 1. The molecule has 41 heavy (non-hydrogen) atoms. The number of hydrogen-bond acceptors (Lipinski definition) is 7. The molecule has 1 aliphatic carbocycles. The van der Waals surface area contributed by atoms with Crippen LogP contribution in [0, 0.1) is 0 Å². The zero-order valence-corrected chi connectivity index (χ0v) is 25.3. The second-order valence-electron chi connectivity index (χ2n) is 12.7. The van der Waals surface area contributed by atoms with Crippen LogP contribution in [0.2, 0.25) is 0 Å². The molecule has 222 valence electrons. The molecule has 2 aromatic heterocycles. The number of hydrogen-bond donors (Lipinski definition) is 2. The number of anilines is 1. The molecule has 1 atom stereocenters. The topological polar surface area (TPSA) is 95.8 Å². The molecule has 1 saturated carbocycles. The summed E-state index contributed by atoms with van der Waals surface area (Å²) in [6, 6.07) is 9.23. The van der Waals surface area contributed by atoms with Gasteiger partial charge >= 0.3 is 6.09 Å². The summed E-state index contributed by atoms with van der Waals surface area (Å²) in [5.74, 6) is 0.664. The third-order valence-electron chi connectivity index (χ3n) is 8.18. The molecule has 9 nitrogen and oxygen atoms in total. The molecule has 1 aliphatic heterocycles. The minimum atomic E-state index is -0.485. The van der Waals surface area contributed by atoms with Crippen molar-refractivity contribution in [1.29, 1.82) is 0 Å². The lowest BCUT2D eigenvalue weighted by molar-refractivity contribution is 0.000557. The Labute approximate surface area is 243 Å². The van der Waals surface area contributed by atoms with Crippen molar-refractivity contribution in [2.45, 2.75) is 97.1 Å². The van der Waals surface area contributed by atoms with Crippen LogP contribution in [0.15, 0.2) is 36.7 Å². The molecule has 0 radical (unpaired) electrons. The van der Waals surface area contributed by atoms with Gasteiger partial charge in [0.05, 0.1) is 6.10 Å². The molecule has 0 spiro atoms. The minimum Gasteiger partial charge on any atom is -0.444 e. The first-order valence-electron chi connectivity index (χ1n) is 15.2. The van der Waals surface area contributed by atoms with Crippen molar-refractivity contribution < 1.29 is 14.6 Å². The largest absolute Gasteiger partial charge is 0.444 e. The maximum atomic E-state index is 12.6. The van der Waals surface area contributed by atoms with Crippen molar-refractivity contribution in [2.75, 3.05) is 31.5 Å². The maximum absolute atomic E-state index is 12.6. The highest BCUT2D eigenvalue weighted by atomic mass is 16.6. The van der Waals surface area contributed by atoms with Crippen molar-refractivity contribution in [3.8, 4) is 11.1 Å². The molecule has 3 heterocycles. The first-order chi connectivity index (χ1) is 19.6. The van der Waals surface area contributed by atoms with E-state index in [0.717, 1.165) is 80.4 Å². The number of amides is 1. The van der Waals surface area contributed by atoms with E-state index in [1.165, 1.54) is 5.56 Å². The summed E-state index contributed by atoms with van der Waals surface area (Å²) >= 11 is 0. The monoisotopic (exact) mass is 562 g/mol. The molecule has 2 fully saturated rings. The van der Waals surface area contributed by atoms with Gasteiger partial charge in [-0.1, -0.05) is 31.2 Å². The number of benzene rings is 1. The van der Waals surface area contributed by atoms with E-state index in [1.54, 1.807) is 0 Å². The minimum absolute atomic E-state index is 0.0987. The first-order valence-corrected chi connectivity index (χ1v) is 15.2. The van der Waals surface area contributed by atoms with Gasteiger partial charge in [-0.05, 0) is 70.9 Å². The zero-order valence-electron chi connectivity index (χ0n) is 25.3. The summed E-state index contributed by atoms with van der Waals surface area (Å²) in [5.41, 5.74) is 4.00. The van der Waals surface area contributed by atoms with Gasteiger partial charge in [-0.3, -0.25) is 4.90 Å². The van der Waals surface area contributed by atoms with E-state index in [1.807, 2.05) is 31.9 Å². The van der Waals surface area contributed by atoms with Crippen molar-refractivity contribution in [3.63, 3.8) is 0 Å². The number of ether oxygens (including phenoxy) is 1. The molecular weight excluding hydrogens is 516 g/mol. The van der Waals surface area contributed by atoms with E-state index >= 15 is 0 Å². The van der Waals surface area contributed by atoms with Gasteiger partial charge in [0.25, 0.3) is 0 Å². The summed E-state index contributed by atoms with van der Waals surface area (Å²) in [6.45, 7) is 13.9. The highest BCUT2D eigenvalue weighted by molar-refractivity contribution is 5.94.